The van der Waals surface area contributed by atoms with Crippen LogP contribution in [0, 0.1) is 11.5 Å². The number of hydrogen-bond acceptors (Lipinski definition) is 0. The predicted octanol–water partition coefficient (Wildman–Crippen LogP) is 7.89. The van der Waals surface area contributed by atoms with Crippen molar-refractivity contribution in [2.75, 3.05) is 0 Å². The maximum atomic E-state index is 3.83. The Morgan fingerprint density at radius 2 is 1.43 bits per heavy atom. The molecule has 0 aliphatic heterocycles. The van der Waals surface area contributed by atoms with E-state index in [1.54, 1.807) is 0 Å². The molecule has 0 rings (SSSR count). The van der Waals surface area contributed by atoms with E-state index in [-0.39, 0.29) is 0 Å². The van der Waals surface area contributed by atoms with Crippen LogP contribution in [0.15, 0.2) is 12.2 Å². The van der Waals surface area contributed by atoms with Crippen LogP contribution in [0.2, 0.25) is 16.6 Å². The summed E-state index contributed by atoms with van der Waals surface area (Å²) in [7, 11) is -1.56. The predicted molar refractivity (Wildman–Crippen MR) is 114 cm³/mol. The highest BCUT2D eigenvalue weighted by molar-refractivity contribution is 9.09. The maximum Gasteiger partial charge on any atom is 0.146 e. The Bertz CT molecular complexity index is 363. The average Bonchev–Trinajstić information content (AvgIpc) is 2.45. The molecule has 0 aliphatic rings. The fourth-order valence-electron chi connectivity index (χ4n) is 3.76. The van der Waals surface area contributed by atoms with Crippen LogP contribution in [-0.2, 0) is 0 Å². The van der Waals surface area contributed by atoms with Crippen LogP contribution >= 0.6 is 15.9 Å². The molecule has 1 unspecified atom stereocenters. The number of hydrogen-bond donors (Lipinski definition) is 0. The van der Waals surface area contributed by atoms with Crippen molar-refractivity contribution in [2.45, 2.75) is 108 Å². The number of alkyl halides is 1. The van der Waals surface area contributed by atoms with Gasteiger partial charge in [-0.3, -0.25) is 0 Å². The van der Waals surface area contributed by atoms with E-state index in [1.807, 2.05) is 0 Å². The Labute approximate surface area is 156 Å². The normalized spacial score (nSPS) is 13.9. The maximum absolute atomic E-state index is 3.83. The summed E-state index contributed by atoms with van der Waals surface area (Å²) in [6, 6.07) is 0. The third kappa shape index (κ3) is 8.08. The van der Waals surface area contributed by atoms with Crippen LogP contribution in [0.3, 0.4) is 0 Å². The Balaban J connectivity index is 4.49. The molecule has 23 heavy (non-hydrogen) atoms. The number of allylic oxidation sites excluding steroid dienone is 2. The zero-order chi connectivity index (χ0) is 17.9. The van der Waals surface area contributed by atoms with E-state index < -0.39 is 8.07 Å². The standard InChI is InChI=1S/C21H39BrSi/c1-8-9-10-11-12-13-14-15-21(22)16-17-23(18(2)3,19(4)5)20(6)7/h9-10,18-21H,8,11-15H2,1-7H3/b10-9+. The second-order valence-corrected chi connectivity index (χ2v) is 14.3. The van der Waals surface area contributed by atoms with E-state index in [9.17, 15) is 0 Å². The minimum absolute atomic E-state index is 0.372. The molecule has 2 heteroatoms. The summed E-state index contributed by atoms with van der Waals surface area (Å²) in [6.07, 6.45) is 12.1. The third-order valence-corrected chi connectivity index (χ3v) is 12.0. The van der Waals surface area contributed by atoms with Crippen molar-refractivity contribution in [1.29, 1.82) is 0 Å². The molecule has 0 nitrogen and oxygen atoms in total. The molecule has 0 fully saturated rings. The molecule has 0 aromatic heterocycles. The highest BCUT2D eigenvalue weighted by Crippen LogP contribution is 2.40. The highest BCUT2D eigenvalue weighted by Gasteiger charge is 2.41. The van der Waals surface area contributed by atoms with Gasteiger partial charge in [-0.2, -0.15) is 0 Å². The van der Waals surface area contributed by atoms with Crippen LogP contribution in [0.25, 0.3) is 0 Å². The summed E-state index contributed by atoms with van der Waals surface area (Å²) in [4.78, 5) is 0.372. The van der Waals surface area contributed by atoms with Gasteiger partial charge in [-0.1, -0.05) is 95.3 Å². The molecule has 0 aromatic carbocycles. The van der Waals surface area contributed by atoms with Gasteiger partial charge in [0.1, 0.15) is 8.07 Å². The van der Waals surface area contributed by atoms with E-state index in [0.717, 1.165) is 23.0 Å². The van der Waals surface area contributed by atoms with Crippen LogP contribution in [0.1, 0.15) is 87.0 Å². The minimum Gasteiger partial charge on any atom is -0.129 e. The zero-order valence-corrected chi connectivity index (χ0v) is 19.2. The van der Waals surface area contributed by atoms with Crippen LogP contribution < -0.4 is 0 Å². The highest BCUT2D eigenvalue weighted by atomic mass is 79.9. The molecule has 134 valence electrons. The first-order valence-electron chi connectivity index (χ1n) is 9.60. The van der Waals surface area contributed by atoms with Gasteiger partial charge in [0.05, 0.1) is 4.83 Å². The summed E-state index contributed by atoms with van der Waals surface area (Å²) < 4.78 is 0. The summed E-state index contributed by atoms with van der Waals surface area (Å²) in [6.45, 7) is 16.5. The second kappa shape index (κ2) is 12.4. The Kier molecular flexibility index (Phi) is 12.4. The summed E-state index contributed by atoms with van der Waals surface area (Å²) in [5.74, 6) is 3.59. The summed E-state index contributed by atoms with van der Waals surface area (Å²) in [5.41, 5.74) is 6.00. The van der Waals surface area contributed by atoms with E-state index in [0.29, 0.717) is 4.83 Å². The number of halogens is 1. The smallest absolute Gasteiger partial charge is 0.129 e. The van der Waals surface area contributed by atoms with E-state index in [1.165, 1.54) is 32.1 Å². The fraction of sp³-hybridized carbons (Fsp3) is 0.810. The number of rotatable bonds is 10. The van der Waals surface area contributed by atoms with Gasteiger partial charge in [0.2, 0.25) is 0 Å². The fourth-order valence-corrected chi connectivity index (χ4v) is 9.70. The first kappa shape index (κ1) is 23.0. The van der Waals surface area contributed by atoms with E-state index in [4.69, 9.17) is 0 Å². The van der Waals surface area contributed by atoms with Crippen molar-refractivity contribution in [3.05, 3.63) is 12.2 Å². The SMILES string of the molecule is CC/C=C/CCCCCC(Br)C#C[Si](C(C)C)(C(C)C)C(C)C. The summed E-state index contributed by atoms with van der Waals surface area (Å²) >= 11 is 3.81. The molecule has 0 saturated heterocycles. The van der Waals surface area contributed by atoms with E-state index in [2.05, 4.69) is 88.0 Å². The van der Waals surface area contributed by atoms with Gasteiger partial charge in [-0.05, 0) is 42.3 Å². The number of unbranched alkanes of at least 4 members (excludes halogenated alkanes) is 3. The lowest BCUT2D eigenvalue weighted by Crippen LogP contribution is -2.43. The van der Waals surface area contributed by atoms with Gasteiger partial charge in [0, 0.05) is 0 Å². The molecule has 0 aromatic rings. The molecule has 0 spiro atoms. The molecule has 0 amide bonds. The topological polar surface area (TPSA) is 0 Å². The Morgan fingerprint density at radius 1 is 0.870 bits per heavy atom. The summed E-state index contributed by atoms with van der Waals surface area (Å²) in [5, 5.41) is 0. The van der Waals surface area contributed by atoms with E-state index >= 15 is 0 Å². The van der Waals surface area contributed by atoms with Crippen LogP contribution in [-0.4, -0.2) is 12.9 Å². The van der Waals surface area contributed by atoms with Gasteiger partial charge >= 0.3 is 0 Å². The van der Waals surface area contributed by atoms with Crippen molar-refractivity contribution in [3.63, 3.8) is 0 Å². The molecular weight excluding hydrogens is 360 g/mol. The van der Waals surface area contributed by atoms with Crippen molar-refractivity contribution >= 4 is 24.0 Å². The Hall–Kier alpha value is -0.00312. The third-order valence-electron chi connectivity index (χ3n) is 5.04. The lowest BCUT2D eigenvalue weighted by molar-refractivity contribution is 0.663. The van der Waals surface area contributed by atoms with Gasteiger partial charge in [0.25, 0.3) is 0 Å². The lowest BCUT2D eigenvalue weighted by atomic mass is 10.1. The zero-order valence-electron chi connectivity index (χ0n) is 16.6. The van der Waals surface area contributed by atoms with Crippen molar-refractivity contribution in [1.82, 2.24) is 0 Å². The molecule has 0 N–H and O–H groups in total. The van der Waals surface area contributed by atoms with Crippen molar-refractivity contribution in [3.8, 4) is 11.5 Å². The second-order valence-electron chi connectivity index (χ2n) is 7.65. The molecule has 0 heterocycles. The largest absolute Gasteiger partial charge is 0.146 e. The first-order chi connectivity index (χ1) is 10.8. The van der Waals surface area contributed by atoms with Crippen molar-refractivity contribution < 1.29 is 0 Å². The van der Waals surface area contributed by atoms with Gasteiger partial charge < -0.3 is 0 Å². The molecule has 0 bridgehead atoms. The van der Waals surface area contributed by atoms with Crippen LogP contribution in [0.5, 0.6) is 0 Å². The van der Waals surface area contributed by atoms with Gasteiger partial charge in [-0.25, -0.2) is 0 Å². The Morgan fingerprint density at radius 3 is 1.91 bits per heavy atom. The molecule has 0 saturated carbocycles. The monoisotopic (exact) mass is 398 g/mol. The molecule has 0 aliphatic carbocycles. The molecular formula is C21H39BrSi. The first-order valence-corrected chi connectivity index (χ1v) is 12.7. The quantitative estimate of drug-likeness (QED) is 0.115. The molecule has 0 radical (unpaired) electrons. The van der Waals surface area contributed by atoms with Crippen LogP contribution in [0.4, 0.5) is 0 Å². The van der Waals surface area contributed by atoms with Gasteiger partial charge in [0.15, 0.2) is 0 Å². The van der Waals surface area contributed by atoms with Gasteiger partial charge in [-0.15, -0.1) is 5.54 Å². The minimum atomic E-state index is -1.56. The van der Waals surface area contributed by atoms with Crippen molar-refractivity contribution in [2.24, 2.45) is 0 Å². The average molecular weight is 400 g/mol. The lowest BCUT2D eigenvalue weighted by Gasteiger charge is -2.38. The molecule has 1 atom stereocenters.